The predicted molar refractivity (Wildman–Crippen MR) is 74.8 cm³/mol. The van der Waals surface area contributed by atoms with Gasteiger partial charge in [-0.2, -0.15) is 0 Å². The molecule has 1 N–H and O–H groups in total. The Hall–Kier alpha value is -0.410. The van der Waals surface area contributed by atoms with Crippen LogP contribution in [0.1, 0.15) is 33.3 Å². The van der Waals surface area contributed by atoms with E-state index in [9.17, 15) is 5.11 Å². The number of aromatic nitrogens is 1. The summed E-state index contributed by atoms with van der Waals surface area (Å²) < 4.78 is 0.966. The zero-order valence-corrected chi connectivity index (χ0v) is 12.6. The first-order chi connectivity index (χ1) is 7.91. The van der Waals surface area contributed by atoms with Gasteiger partial charge in [0.2, 0.25) is 0 Å². The molecule has 1 rings (SSSR count). The van der Waals surface area contributed by atoms with E-state index in [2.05, 4.69) is 48.6 Å². The molecule has 0 fully saturated rings. The molecule has 0 bridgehead atoms. The minimum atomic E-state index is -0.300. The molecule has 1 heterocycles. The number of halogens is 1. The normalized spacial score (nSPS) is 13.7. The van der Waals surface area contributed by atoms with E-state index in [0.29, 0.717) is 24.2 Å². The highest BCUT2D eigenvalue weighted by molar-refractivity contribution is 9.10. The van der Waals surface area contributed by atoms with Crippen LogP contribution >= 0.6 is 15.9 Å². The van der Waals surface area contributed by atoms with Crippen LogP contribution in [-0.2, 0) is 6.42 Å². The van der Waals surface area contributed by atoms with Gasteiger partial charge in [0, 0.05) is 23.3 Å². The van der Waals surface area contributed by atoms with Gasteiger partial charge in [-0.1, -0.05) is 27.7 Å². The van der Waals surface area contributed by atoms with E-state index in [0.717, 1.165) is 10.0 Å². The van der Waals surface area contributed by atoms with E-state index in [1.54, 1.807) is 6.20 Å². The summed E-state index contributed by atoms with van der Waals surface area (Å²) in [7, 11) is 0. The lowest BCUT2D eigenvalue weighted by Gasteiger charge is -2.30. The topological polar surface area (TPSA) is 33.1 Å². The van der Waals surface area contributed by atoms with Gasteiger partial charge in [-0.15, -0.1) is 0 Å². The largest absolute Gasteiger partial charge is 0.392 e. The second kappa shape index (κ2) is 6.50. The highest BCUT2D eigenvalue weighted by Gasteiger charge is 2.25. The van der Waals surface area contributed by atoms with Gasteiger partial charge in [-0.3, -0.25) is 4.98 Å². The molecule has 96 valence electrons. The van der Waals surface area contributed by atoms with Crippen LogP contribution in [0.2, 0.25) is 0 Å². The fraction of sp³-hybridized carbons (Fsp3) is 0.643. The molecule has 0 saturated heterocycles. The van der Waals surface area contributed by atoms with E-state index in [-0.39, 0.29) is 6.10 Å². The monoisotopic (exact) mass is 299 g/mol. The Morgan fingerprint density at radius 2 is 1.76 bits per heavy atom. The number of aliphatic hydroxyl groups excluding tert-OH is 1. The molecule has 0 aliphatic rings. The van der Waals surface area contributed by atoms with Crippen molar-refractivity contribution in [3.63, 3.8) is 0 Å². The Labute approximate surface area is 113 Å². The molecule has 0 radical (unpaired) electrons. The van der Waals surface area contributed by atoms with Crippen LogP contribution in [0.15, 0.2) is 22.9 Å². The van der Waals surface area contributed by atoms with E-state index in [4.69, 9.17) is 0 Å². The average Bonchev–Trinajstić information content (AvgIpc) is 2.15. The molecule has 1 aromatic heterocycles. The highest BCUT2D eigenvalue weighted by atomic mass is 79.9. The average molecular weight is 300 g/mol. The Kier molecular flexibility index (Phi) is 5.60. The van der Waals surface area contributed by atoms with E-state index in [1.165, 1.54) is 0 Å². The standard InChI is InChI=1S/C14H22BrNO/c1-9(2)14(10(3)4)13(17)6-11-5-12(15)8-16-7-11/h5,7-10,13-14,17H,6H2,1-4H3. The fourth-order valence-corrected chi connectivity index (χ4v) is 3.02. The molecule has 0 aromatic carbocycles. The van der Waals surface area contributed by atoms with Gasteiger partial charge in [0.05, 0.1) is 6.10 Å². The second-order valence-electron chi connectivity index (χ2n) is 5.35. The van der Waals surface area contributed by atoms with Gasteiger partial charge in [0.15, 0.2) is 0 Å². The van der Waals surface area contributed by atoms with Gasteiger partial charge >= 0.3 is 0 Å². The molecule has 0 spiro atoms. The lowest BCUT2D eigenvalue weighted by molar-refractivity contribution is 0.0536. The summed E-state index contributed by atoms with van der Waals surface area (Å²) in [5.74, 6) is 1.31. The van der Waals surface area contributed by atoms with Gasteiger partial charge in [0.1, 0.15) is 0 Å². The van der Waals surface area contributed by atoms with Crippen molar-refractivity contribution in [2.75, 3.05) is 0 Å². The van der Waals surface area contributed by atoms with E-state index < -0.39 is 0 Å². The third-order valence-electron chi connectivity index (χ3n) is 3.19. The van der Waals surface area contributed by atoms with Crippen LogP contribution in [0.3, 0.4) is 0 Å². The molecular weight excluding hydrogens is 278 g/mol. The quantitative estimate of drug-likeness (QED) is 0.900. The van der Waals surface area contributed by atoms with Crippen LogP contribution in [0.25, 0.3) is 0 Å². The predicted octanol–water partition coefficient (Wildman–Crippen LogP) is 3.68. The molecule has 0 amide bonds. The first-order valence-corrected chi connectivity index (χ1v) is 6.98. The Balaban J connectivity index is 2.73. The number of nitrogens with zero attached hydrogens (tertiary/aromatic N) is 1. The van der Waals surface area contributed by atoms with Crippen molar-refractivity contribution in [1.82, 2.24) is 4.98 Å². The van der Waals surface area contributed by atoms with Crippen LogP contribution in [-0.4, -0.2) is 16.2 Å². The molecule has 3 heteroatoms. The number of aliphatic hydroxyl groups is 1. The van der Waals surface area contributed by atoms with Crippen molar-refractivity contribution < 1.29 is 5.11 Å². The van der Waals surface area contributed by atoms with E-state index in [1.807, 2.05) is 12.3 Å². The minimum Gasteiger partial charge on any atom is -0.392 e. The minimum absolute atomic E-state index is 0.300. The van der Waals surface area contributed by atoms with Crippen molar-refractivity contribution in [3.05, 3.63) is 28.5 Å². The van der Waals surface area contributed by atoms with Crippen molar-refractivity contribution in [1.29, 1.82) is 0 Å². The summed E-state index contributed by atoms with van der Waals surface area (Å²) >= 11 is 3.40. The van der Waals surface area contributed by atoms with Crippen molar-refractivity contribution in [2.45, 2.75) is 40.2 Å². The summed E-state index contributed by atoms with van der Waals surface area (Å²) in [4.78, 5) is 4.13. The number of hydrogen-bond donors (Lipinski definition) is 1. The molecule has 1 atom stereocenters. The SMILES string of the molecule is CC(C)C(C(C)C)C(O)Cc1cncc(Br)c1. The summed E-state index contributed by atoms with van der Waals surface area (Å²) in [6.07, 6.45) is 3.96. The maximum atomic E-state index is 10.4. The first-order valence-electron chi connectivity index (χ1n) is 6.19. The summed E-state index contributed by atoms with van der Waals surface area (Å²) in [6.45, 7) is 8.69. The summed E-state index contributed by atoms with van der Waals surface area (Å²) in [5.41, 5.74) is 1.08. The number of hydrogen-bond acceptors (Lipinski definition) is 2. The molecule has 0 saturated carbocycles. The molecule has 0 aliphatic carbocycles. The molecule has 2 nitrogen and oxygen atoms in total. The Morgan fingerprint density at radius 1 is 1.18 bits per heavy atom. The van der Waals surface area contributed by atoms with Crippen molar-refractivity contribution >= 4 is 15.9 Å². The van der Waals surface area contributed by atoms with Crippen molar-refractivity contribution in [2.24, 2.45) is 17.8 Å². The van der Waals surface area contributed by atoms with Crippen LogP contribution in [0.5, 0.6) is 0 Å². The van der Waals surface area contributed by atoms with Gasteiger partial charge in [0.25, 0.3) is 0 Å². The van der Waals surface area contributed by atoms with Gasteiger partial charge < -0.3 is 5.11 Å². The first kappa shape index (κ1) is 14.7. The van der Waals surface area contributed by atoms with Crippen LogP contribution < -0.4 is 0 Å². The highest BCUT2D eigenvalue weighted by Crippen LogP contribution is 2.26. The number of rotatable bonds is 5. The summed E-state index contributed by atoms with van der Waals surface area (Å²) in [6, 6.07) is 2.02. The van der Waals surface area contributed by atoms with Gasteiger partial charge in [-0.05, 0) is 45.3 Å². The lowest BCUT2D eigenvalue weighted by Crippen LogP contribution is -2.31. The maximum Gasteiger partial charge on any atom is 0.0614 e. The van der Waals surface area contributed by atoms with Crippen LogP contribution in [0.4, 0.5) is 0 Å². The zero-order chi connectivity index (χ0) is 13.0. The lowest BCUT2D eigenvalue weighted by atomic mass is 9.79. The van der Waals surface area contributed by atoms with Crippen molar-refractivity contribution in [3.8, 4) is 0 Å². The maximum absolute atomic E-state index is 10.4. The van der Waals surface area contributed by atoms with Gasteiger partial charge in [-0.25, -0.2) is 0 Å². The smallest absolute Gasteiger partial charge is 0.0614 e. The molecule has 1 aromatic rings. The van der Waals surface area contributed by atoms with Crippen LogP contribution in [0, 0.1) is 17.8 Å². The van der Waals surface area contributed by atoms with E-state index >= 15 is 0 Å². The molecule has 1 unspecified atom stereocenters. The molecular formula is C14H22BrNO. The molecule has 17 heavy (non-hydrogen) atoms. The Morgan fingerprint density at radius 3 is 2.24 bits per heavy atom. The number of pyridine rings is 1. The zero-order valence-electron chi connectivity index (χ0n) is 11.0. The Bertz CT molecular complexity index is 344. The summed E-state index contributed by atoms with van der Waals surface area (Å²) in [5, 5.41) is 10.4. The third kappa shape index (κ3) is 4.40. The second-order valence-corrected chi connectivity index (χ2v) is 6.26. The molecule has 0 aliphatic heterocycles. The fourth-order valence-electron chi connectivity index (χ4n) is 2.60. The third-order valence-corrected chi connectivity index (χ3v) is 3.62.